The van der Waals surface area contributed by atoms with Crippen molar-refractivity contribution in [1.29, 1.82) is 0 Å². The number of fused-ring (bicyclic) bond motifs is 2. The molecule has 2 aliphatic rings. The predicted molar refractivity (Wildman–Crippen MR) is 557 cm³/mol. The van der Waals surface area contributed by atoms with Gasteiger partial charge in [0.2, 0.25) is 0 Å². The van der Waals surface area contributed by atoms with Crippen molar-refractivity contribution in [1.82, 2.24) is 9.80 Å². The highest BCUT2D eigenvalue weighted by Gasteiger charge is 2.34. The Morgan fingerprint density at radius 2 is 0.625 bits per heavy atom. The molecule has 642 valence electrons. The lowest BCUT2D eigenvalue weighted by Crippen LogP contribution is -2.27. The zero-order valence-electron chi connectivity index (χ0n) is 73.1. The maximum atomic E-state index is 13.7. The van der Waals surface area contributed by atoms with Crippen molar-refractivity contribution in [2.24, 2.45) is 11.8 Å². The standard InChI is InChI=1S/C102H128N2O2S14/c1-11-21-27-31-35-39-45-69-59-75(63-89-99(105)103(19-9)101(107)119-89)111-93(69)81-53-55-83(113-81)95-71(47-41-37-33-29-23-13-3)61-85(115-95)87-65-77-91(79-51-49-73(109-79)57-67(17-7)43-25-15-5)98-78(92(97(77)117-87)80-52-50-74(110-80)58-68(18-8)44-26-16-6)66-88(118-98)86-62-72(48-42-38-34-30-24-14-4)96(116-86)84-56-54-82(114-84)94-70(46-40-36-32-28-22-12-2)60-76(112-94)64-90-100(106)104(20-10)102(108)120-90/h49-56,59-68H,11-48,57-58H2,1-10H3/b89-63-,90-64+. The van der Waals surface area contributed by atoms with Crippen LogP contribution in [0.2, 0.25) is 0 Å². The van der Waals surface area contributed by atoms with Crippen LogP contribution in [0.3, 0.4) is 0 Å². The number of nitrogens with zero attached hydrogens (tertiary/aromatic N) is 2. The van der Waals surface area contributed by atoms with Crippen LogP contribution in [-0.2, 0) is 48.1 Å². The normalized spacial score (nSPS) is 14.7. The van der Waals surface area contributed by atoms with Crippen LogP contribution in [-0.4, -0.2) is 43.3 Å². The average Bonchev–Trinajstić information content (AvgIpc) is 1.56. The zero-order valence-corrected chi connectivity index (χ0v) is 84.5. The van der Waals surface area contributed by atoms with E-state index in [9.17, 15) is 9.59 Å². The van der Waals surface area contributed by atoms with Crippen LogP contribution in [0.15, 0.2) is 94.7 Å². The minimum atomic E-state index is 0.0323. The zero-order chi connectivity index (χ0) is 84.0. The first kappa shape index (κ1) is 93.7. The van der Waals surface area contributed by atoms with Crippen LogP contribution in [0.5, 0.6) is 0 Å². The molecule has 13 rings (SSSR count). The van der Waals surface area contributed by atoms with Crippen LogP contribution in [0.1, 0.15) is 316 Å². The monoisotopic (exact) mass is 1860 g/mol. The van der Waals surface area contributed by atoms with Gasteiger partial charge in [0.25, 0.3) is 11.8 Å². The van der Waals surface area contributed by atoms with Crippen molar-refractivity contribution in [2.75, 3.05) is 13.1 Å². The number of hydrogen-bond donors (Lipinski definition) is 0. The van der Waals surface area contributed by atoms with Gasteiger partial charge in [0.05, 0.1) is 9.81 Å². The Morgan fingerprint density at radius 1 is 0.317 bits per heavy atom. The molecule has 0 aliphatic carbocycles. The molecule has 1 aromatic carbocycles. The van der Waals surface area contributed by atoms with E-state index in [0.717, 1.165) is 58.1 Å². The number of amides is 2. The fourth-order valence-corrected chi connectivity index (χ4v) is 32.6. The molecule has 2 atom stereocenters. The van der Waals surface area contributed by atoms with Gasteiger partial charge in [-0.05, 0) is 209 Å². The van der Waals surface area contributed by atoms with Gasteiger partial charge in [0, 0.05) is 132 Å². The van der Waals surface area contributed by atoms with Gasteiger partial charge in [-0.1, -0.05) is 283 Å². The Morgan fingerprint density at radius 3 is 0.950 bits per heavy atom. The quantitative estimate of drug-likeness (QED) is 0.0215. The highest BCUT2D eigenvalue weighted by molar-refractivity contribution is 8.27. The third-order valence-corrected chi connectivity index (χ3v) is 39.5. The summed E-state index contributed by atoms with van der Waals surface area (Å²) in [4.78, 5) is 56.9. The maximum Gasteiger partial charge on any atom is 0.266 e. The van der Waals surface area contributed by atoms with E-state index in [1.807, 2.05) is 81.9 Å². The maximum absolute atomic E-state index is 13.7. The van der Waals surface area contributed by atoms with Crippen molar-refractivity contribution in [3.05, 3.63) is 137 Å². The summed E-state index contributed by atoms with van der Waals surface area (Å²) in [5.74, 6) is 1.42. The Bertz CT molecular complexity index is 4870. The lowest BCUT2D eigenvalue weighted by molar-refractivity contribution is -0.122. The molecule has 11 aromatic rings. The van der Waals surface area contributed by atoms with Gasteiger partial charge < -0.3 is 0 Å². The second kappa shape index (κ2) is 47.2. The molecule has 2 unspecified atom stereocenters. The summed E-state index contributed by atoms with van der Waals surface area (Å²) in [6.45, 7) is 24.0. The predicted octanol–water partition coefficient (Wildman–Crippen LogP) is 37.5. The summed E-state index contributed by atoms with van der Waals surface area (Å²) in [6.07, 6.45) is 51.1. The summed E-state index contributed by atoms with van der Waals surface area (Å²) in [5, 5.41) is 2.81. The van der Waals surface area contributed by atoms with Gasteiger partial charge in [-0.3, -0.25) is 19.4 Å². The molecule has 10 aromatic heterocycles. The van der Waals surface area contributed by atoms with Gasteiger partial charge in [0.15, 0.2) is 0 Å². The molecule has 2 saturated heterocycles. The number of unbranched alkanes of at least 4 members (excludes halogenated alkanes) is 22. The SMILES string of the molecule is CCCCCCCCc1cc(/C=C2\SC(=S)N(CC)C2=O)sc1-c1ccc(-c2sc(-c3cc4c(-c5ccc(CC(CC)CCCC)s5)c5sc(-c6cc(CCCCCCCC)c(-c7ccc(-c8sc(/C=C9/SC(=S)N(CC)C9=O)cc8CCCCCCCC)s7)s6)cc5c(-c5ccc(CC(CC)CCCC)s5)c4s3)cc2CCCCCCCC)s1. The lowest BCUT2D eigenvalue weighted by atomic mass is 9.95. The summed E-state index contributed by atoms with van der Waals surface area (Å²) in [5.41, 5.74) is 8.65. The molecule has 2 fully saturated rings. The molecule has 2 amide bonds. The van der Waals surface area contributed by atoms with E-state index in [-0.39, 0.29) is 11.8 Å². The Hall–Kier alpha value is -3.96. The lowest BCUT2D eigenvalue weighted by Gasteiger charge is -2.13. The third kappa shape index (κ3) is 23.7. The summed E-state index contributed by atoms with van der Waals surface area (Å²) < 4.78 is 4.16. The van der Waals surface area contributed by atoms with Gasteiger partial charge in [-0.15, -0.1) is 113 Å². The van der Waals surface area contributed by atoms with Crippen molar-refractivity contribution < 1.29 is 9.59 Å². The van der Waals surface area contributed by atoms with Gasteiger partial charge in [-0.25, -0.2) is 0 Å². The molecule has 4 nitrogen and oxygen atoms in total. The van der Waals surface area contributed by atoms with Crippen molar-refractivity contribution in [3.8, 4) is 79.4 Å². The largest absolute Gasteiger partial charge is 0.293 e. The summed E-state index contributed by atoms with van der Waals surface area (Å²) in [7, 11) is 0. The minimum Gasteiger partial charge on any atom is -0.293 e. The molecule has 0 bridgehead atoms. The van der Waals surface area contributed by atoms with E-state index >= 15 is 0 Å². The number of thiophene rings is 10. The van der Waals surface area contributed by atoms with Crippen LogP contribution >= 0.6 is 161 Å². The number of rotatable bonds is 52. The number of carbonyl (C=O) groups excluding carboxylic acids is 2. The van der Waals surface area contributed by atoms with E-state index in [0.29, 0.717) is 33.6 Å². The fourth-order valence-electron chi connectivity index (χ4n) is 17.3. The third-order valence-electron chi connectivity index (χ3n) is 24.3. The second-order valence-electron chi connectivity index (χ2n) is 33.4. The molecule has 0 spiro atoms. The van der Waals surface area contributed by atoms with E-state index in [1.165, 1.54) is 361 Å². The van der Waals surface area contributed by atoms with Crippen LogP contribution in [0.4, 0.5) is 0 Å². The second-order valence-corrected chi connectivity index (χ2v) is 47.6. The molecule has 0 radical (unpaired) electrons. The molecular formula is C102H128N2O2S14. The Kier molecular flexibility index (Phi) is 36.8. The molecule has 2 aliphatic heterocycles. The van der Waals surface area contributed by atoms with Crippen molar-refractivity contribution >= 4 is 214 Å². The number of thioether (sulfide) groups is 2. The summed E-state index contributed by atoms with van der Waals surface area (Å²) >= 11 is 34.4. The van der Waals surface area contributed by atoms with E-state index in [1.54, 1.807) is 9.80 Å². The van der Waals surface area contributed by atoms with Gasteiger partial charge in [-0.2, -0.15) is 0 Å². The number of thiocarbonyl (C=S) groups is 2. The molecule has 120 heavy (non-hydrogen) atoms. The molecule has 18 heteroatoms. The van der Waals surface area contributed by atoms with Gasteiger partial charge >= 0.3 is 0 Å². The number of aryl methyl sites for hydroxylation is 4. The molecule has 0 saturated carbocycles. The molecular weight excluding hydrogens is 1730 g/mol. The summed E-state index contributed by atoms with van der Waals surface area (Å²) in [6, 6.07) is 35.2. The number of hydrogen-bond acceptors (Lipinski definition) is 16. The average molecular weight is 1860 g/mol. The topological polar surface area (TPSA) is 40.6 Å². The minimum absolute atomic E-state index is 0.0323. The first-order chi connectivity index (χ1) is 58.7. The van der Waals surface area contributed by atoms with E-state index in [2.05, 4.69) is 198 Å². The molecule has 0 N–H and O–H groups in total. The van der Waals surface area contributed by atoms with Crippen molar-refractivity contribution in [3.63, 3.8) is 0 Å². The fraction of sp³-hybridized carbons (Fsp3) is 0.510. The van der Waals surface area contributed by atoms with Crippen LogP contribution in [0.25, 0.3) is 112 Å². The first-order valence-corrected chi connectivity index (χ1v) is 56.8. The Labute approximate surface area is 779 Å². The van der Waals surface area contributed by atoms with E-state index < -0.39 is 0 Å². The van der Waals surface area contributed by atoms with Gasteiger partial charge in [0.1, 0.15) is 8.64 Å². The number of benzene rings is 1. The first-order valence-electron chi connectivity index (χ1n) is 46.1. The number of carbonyl (C=O) groups is 2. The van der Waals surface area contributed by atoms with Crippen molar-refractivity contribution in [2.45, 2.75) is 313 Å². The van der Waals surface area contributed by atoms with E-state index in [4.69, 9.17) is 24.4 Å². The van der Waals surface area contributed by atoms with Crippen LogP contribution in [0, 0.1) is 11.8 Å². The molecule has 12 heterocycles. The number of likely N-dealkylation sites (N-methyl/N-ethyl adjacent to an activating group) is 2. The highest BCUT2D eigenvalue weighted by atomic mass is 32.2. The van der Waals surface area contributed by atoms with Crippen LogP contribution < -0.4 is 0 Å². The smallest absolute Gasteiger partial charge is 0.266 e. The Balaban J connectivity index is 0.951. The highest BCUT2D eigenvalue weighted by Crippen LogP contribution is 2.58.